The lowest BCUT2D eigenvalue weighted by molar-refractivity contribution is -0.0956. The van der Waals surface area contributed by atoms with Crippen LogP contribution in [-0.2, 0) is 4.74 Å². The average molecular weight is 175 g/mol. The van der Waals surface area contributed by atoms with Crippen molar-refractivity contribution in [2.75, 3.05) is 6.61 Å². The molecule has 0 aliphatic rings. The van der Waals surface area contributed by atoms with Gasteiger partial charge in [-0.3, -0.25) is 5.21 Å². The number of unbranched alkanes of at least 4 members (excludes halogenated alkanes) is 1. The molecule has 0 saturated heterocycles. The number of hydroxylamine groups is 2. The molecule has 0 fully saturated rings. The van der Waals surface area contributed by atoms with Crippen LogP contribution >= 0.6 is 0 Å². The SMILES string of the molecule is CCCCOC(=O)N(O)C(C)C. The Balaban J connectivity index is 3.57. The summed E-state index contributed by atoms with van der Waals surface area (Å²) in [4.78, 5) is 10.9. The number of carbonyl (C=O) groups excluding carboxylic acids is 1. The van der Waals surface area contributed by atoms with Gasteiger partial charge < -0.3 is 4.74 Å². The van der Waals surface area contributed by atoms with Crippen molar-refractivity contribution in [3.8, 4) is 0 Å². The Labute approximate surface area is 73.1 Å². The van der Waals surface area contributed by atoms with Gasteiger partial charge in [-0.1, -0.05) is 13.3 Å². The third-order valence-corrected chi connectivity index (χ3v) is 1.40. The van der Waals surface area contributed by atoms with Gasteiger partial charge in [0, 0.05) is 0 Å². The van der Waals surface area contributed by atoms with Gasteiger partial charge in [0.1, 0.15) is 0 Å². The summed E-state index contributed by atoms with van der Waals surface area (Å²) in [5, 5.41) is 9.65. The zero-order chi connectivity index (χ0) is 9.56. The average Bonchev–Trinajstić information content (AvgIpc) is 2.03. The molecule has 0 rings (SSSR count). The van der Waals surface area contributed by atoms with Gasteiger partial charge >= 0.3 is 6.09 Å². The van der Waals surface area contributed by atoms with Crippen LogP contribution in [0.3, 0.4) is 0 Å². The first-order valence-electron chi connectivity index (χ1n) is 4.24. The standard InChI is InChI=1S/C8H17NO3/c1-4-5-6-12-8(10)9(11)7(2)3/h7,11H,4-6H2,1-3H3. The zero-order valence-electron chi connectivity index (χ0n) is 7.91. The maximum Gasteiger partial charge on any atom is 0.433 e. The molecule has 0 aliphatic carbocycles. The fourth-order valence-electron chi connectivity index (χ4n) is 0.581. The highest BCUT2D eigenvalue weighted by Crippen LogP contribution is 1.98. The number of ether oxygens (including phenoxy) is 1. The Hall–Kier alpha value is -0.770. The molecule has 0 saturated carbocycles. The molecule has 0 aromatic carbocycles. The third-order valence-electron chi connectivity index (χ3n) is 1.40. The molecule has 72 valence electrons. The molecule has 12 heavy (non-hydrogen) atoms. The van der Waals surface area contributed by atoms with E-state index in [0.717, 1.165) is 12.8 Å². The monoisotopic (exact) mass is 175 g/mol. The van der Waals surface area contributed by atoms with Crippen molar-refractivity contribution in [3.05, 3.63) is 0 Å². The van der Waals surface area contributed by atoms with Crippen molar-refractivity contribution in [1.82, 2.24) is 5.06 Å². The predicted molar refractivity (Wildman–Crippen MR) is 45.0 cm³/mol. The molecule has 1 N–H and O–H groups in total. The van der Waals surface area contributed by atoms with Crippen LogP contribution in [0.15, 0.2) is 0 Å². The van der Waals surface area contributed by atoms with Gasteiger partial charge in [-0.05, 0) is 20.3 Å². The summed E-state index contributed by atoms with van der Waals surface area (Å²) in [5.41, 5.74) is 0. The third kappa shape index (κ3) is 4.18. The van der Waals surface area contributed by atoms with Gasteiger partial charge in [0.25, 0.3) is 0 Å². The van der Waals surface area contributed by atoms with Crippen LogP contribution in [0, 0.1) is 0 Å². The van der Waals surface area contributed by atoms with E-state index < -0.39 is 6.09 Å². The van der Waals surface area contributed by atoms with E-state index in [1.54, 1.807) is 13.8 Å². The van der Waals surface area contributed by atoms with Crippen molar-refractivity contribution in [2.24, 2.45) is 0 Å². The number of carbonyl (C=O) groups is 1. The van der Waals surface area contributed by atoms with E-state index in [2.05, 4.69) is 0 Å². The summed E-state index contributed by atoms with van der Waals surface area (Å²) < 4.78 is 4.74. The van der Waals surface area contributed by atoms with Crippen LogP contribution in [0.2, 0.25) is 0 Å². The van der Waals surface area contributed by atoms with E-state index in [1.807, 2.05) is 6.92 Å². The molecular formula is C8H17NO3. The summed E-state index contributed by atoms with van der Waals surface area (Å²) >= 11 is 0. The molecule has 0 radical (unpaired) electrons. The summed E-state index contributed by atoms with van der Waals surface area (Å²) in [6.45, 7) is 5.80. The quantitative estimate of drug-likeness (QED) is 0.404. The van der Waals surface area contributed by atoms with Gasteiger partial charge in [0.2, 0.25) is 0 Å². The van der Waals surface area contributed by atoms with Gasteiger partial charge in [-0.2, -0.15) is 5.06 Å². The summed E-state index contributed by atoms with van der Waals surface area (Å²) in [6.07, 6.45) is 1.14. The lowest BCUT2D eigenvalue weighted by atomic mass is 10.4. The van der Waals surface area contributed by atoms with Gasteiger partial charge in [0.05, 0.1) is 12.6 Å². The minimum atomic E-state index is -0.668. The Kier molecular flexibility index (Phi) is 5.45. The Morgan fingerprint density at radius 2 is 2.17 bits per heavy atom. The largest absolute Gasteiger partial charge is 0.448 e. The van der Waals surface area contributed by atoms with Crippen molar-refractivity contribution >= 4 is 6.09 Å². The van der Waals surface area contributed by atoms with E-state index in [9.17, 15) is 4.79 Å². The van der Waals surface area contributed by atoms with Crippen LogP contribution in [-0.4, -0.2) is 29.0 Å². The van der Waals surface area contributed by atoms with E-state index in [-0.39, 0.29) is 6.04 Å². The fourth-order valence-corrected chi connectivity index (χ4v) is 0.581. The molecule has 0 aliphatic heterocycles. The van der Waals surface area contributed by atoms with Crippen LogP contribution in [0.1, 0.15) is 33.6 Å². The highest BCUT2D eigenvalue weighted by atomic mass is 16.6. The van der Waals surface area contributed by atoms with E-state index >= 15 is 0 Å². The second kappa shape index (κ2) is 5.83. The van der Waals surface area contributed by atoms with Gasteiger partial charge in [-0.25, -0.2) is 4.79 Å². The molecule has 4 heteroatoms. The Morgan fingerprint density at radius 3 is 2.58 bits per heavy atom. The molecule has 0 bridgehead atoms. The van der Waals surface area contributed by atoms with Crippen LogP contribution in [0.25, 0.3) is 0 Å². The summed E-state index contributed by atoms with van der Waals surface area (Å²) in [6, 6.07) is -0.237. The first kappa shape index (κ1) is 11.2. The molecule has 0 spiro atoms. The smallest absolute Gasteiger partial charge is 0.433 e. The number of rotatable bonds is 4. The number of hydrogen-bond donors (Lipinski definition) is 1. The van der Waals surface area contributed by atoms with Crippen molar-refractivity contribution in [3.63, 3.8) is 0 Å². The maximum absolute atomic E-state index is 10.9. The first-order valence-corrected chi connectivity index (χ1v) is 4.24. The topological polar surface area (TPSA) is 49.8 Å². The van der Waals surface area contributed by atoms with Gasteiger partial charge in [-0.15, -0.1) is 0 Å². The lowest BCUT2D eigenvalue weighted by Gasteiger charge is -2.17. The van der Waals surface area contributed by atoms with E-state index in [0.29, 0.717) is 11.7 Å². The Morgan fingerprint density at radius 1 is 1.58 bits per heavy atom. The second-order valence-corrected chi connectivity index (χ2v) is 2.91. The Bertz CT molecular complexity index is 136. The lowest BCUT2D eigenvalue weighted by Crippen LogP contribution is -2.34. The minimum absolute atomic E-state index is 0.237. The highest BCUT2D eigenvalue weighted by molar-refractivity contribution is 5.66. The van der Waals surface area contributed by atoms with Crippen LogP contribution in [0.5, 0.6) is 0 Å². The van der Waals surface area contributed by atoms with Crippen molar-refractivity contribution < 1.29 is 14.7 Å². The minimum Gasteiger partial charge on any atom is -0.448 e. The molecule has 0 heterocycles. The fraction of sp³-hybridized carbons (Fsp3) is 0.875. The van der Waals surface area contributed by atoms with Crippen molar-refractivity contribution in [1.29, 1.82) is 0 Å². The number of hydrogen-bond acceptors (Lipinski definition) is 3. The highest BCUT2D eigenvalue weighted by Gasteiger charge is 2.14. The van der Waals surface area contributed by atoms with Crippen LogP contribution in [0.4, 0.5) is 4.79 Å². The normalized spacial score (nSPS) is 10.1. The zero-order valence-corrected chi connectivity index (χ0v) is 7.91. The molecule has 0 unspecified atom stereocenters. The molecule has 0 aromatic heterocycles. The van der Waals surface area contributed by atoms with Crippen molar-refractivity contribution in [2.45, 2.75) is 39.7 Å². The molecular weight excluding hydrogens is 158 g/mol. The van der Waals surface area contributed by atoms with Crippen LogP contribution < -0.4 is 0 Å². The van der Waals surface area contributed by atoms with E-state index in [4.69, 9.17) is 9.94 Å². The molecule has 0 aromatic rings. The van der Waals surface area contributed by atoms with E-state index in [1.165, 1.54) is 0 Å². The summed E-state index contributed by atoms with van der Waals surface area (Å²) in [7, 11) is 0. The second-order valence-electron chi connectivity index (χ2n) is 2.91. The number of amides is 1. The predicted octanol–water partition coefficient (Wildman–Crippen LogP) is 2.02. The maximum atomic E-state index is 10.9. The molecule has 4 nitrogen and oxygen atoms in total. The summed E-state index contributed by atoms with van der Waals surface area (Å²) in [5.74, 6) is 0. The van der Waals surface area contributed by atoms with Gasteiger partial charge in [0.15, 0.2) is 0 Å². The number of nitrogens with zero attached hydrogens (tertiary/aromatic N) is 1. The molecule has 0 atom stereocenters. The molecule has 1 amide bonds. The first-order chi connectivity index (χ1) is 5.59.